The molecule has 2 N–H and O–H groups in total. The van der Waals surface area contributed by atoms with Crippen LogP contribution in [-0.4, -0.2) is 17.9 Å². The van der Waals surface area contributed by atoms with Gasteiger partial charge in [-0.25, -0.2) is 0 Å². The summed E-state index contributed by atoms with van der Waals surface area (Å²) in [6.45, 7) is 4.78. The Bertz CT molecular complexity index is 1040. The van der Waals surface area contributed by atoms with Gasteiger partial charge in [-0.05, 0) is 98.3 Å². The molecule has 1 heterocycles. The predicted octanol–water partition coefficient (Wildman–Crippen LogP) is 6.14. The largest absolute Gasteiger partial charge is 0.349 e. The van der Waals surface area contributed by atoms with E-state index in [0.717, 1.165) is 62.8 Å². The normalized spacial score (nSPS) is 41.5. The molecule has 6 rings (SSSR count). The molecule has 2 unspecified atom stereocenters. The minimum absolute atomic E-state index is 0.0427. The number of rotatable bonds is 3. The Hall–Kier alpha value is -1.81. The Balaban J connectivity index is 1.23. The van der Waals surface area contributed by atoms with E-state index in [1.165, 1.54) is 12.0 Å². The average Bonchev–Trinajstić information content (AvgIpc) is 3.44. The van der Waals surface area contributed by atoms with E-state index in [2.05, 4.69) is 42.7 Å². The number of carbonyl (C=O) groups is 2. The van der Waals surface area contributed by atoms with E-state index in [1.54, 1.807) is 6.08 Å². The number of carbonyl (C=O) groups excluding carboxylic acids is 2. The molecule has 0 saturated heterocycles. The first kappa shape index (κ1) is 23.6. The fourth-order valence-electron chi connectivity index (χ4n) is 9.32. The van der Waals surface area contributed by atoms with E-state index in [0.29, 0.717) is 17.8 Å². The molecular formula is C30H39ClN2O2. The lowest BCUT2D eigenvalue weighted by Gasteiger charge is -2.58. The van der Waals surface area contributed by atoms with Crippen molar-refractivity contribution in [3.63, 3.8) is 0 Å². The van der Waals surface area contributed by atoms with Gasteiger partial charge in [0.1, 0.15) is 0 Å². The van der Waals surface area contributed by atoms with Gasteiger partial charge >= 0.3 is 0 Å². The number of hydrogen-bond acceptors (Lipinski definition) is 2. The molecule has 4 saturated carbocycles. The molecule has 5 heteroatoms. The maximum absolute atomic E-state index is 14.0. The number of fused-ring (bicyclic) bond motifs is 5. The molecule has 0 bridgehead atoms. The second-order valence-electron chi connectivity index (χ2n) is 12.7. The second-order valence-corrected chi connectivity index (χ2v) is 13.1. The summed E-state index contributed by atoms with van der Waals surface area (Å²) in [7, 11) is 0. The molecule has 4 fully saturated rings. The first-order chi connectivity index (χ1) is 16.8. The van der Waals surface area contributed by atoms with Crippen LogP contribution in [0.5, 0.6) is 0 Å². The predicted molar refractivity (Wildman–Crippen MR) is 139 cm³/mol. The molecule has 7 atom stereocenters. The third-order valence-corrected chi connectivity index (χ3v) is 11.5. The molecule has 1 aliphatic heterocycles. The van der Waals surface area contributed by atoms with Gasteiger partial charge in [0.25, 0.3) is 0 Å². The highest BCUT2D eigenvalue weighted by atomic mass is 35.5. The summed E-state index contributed by atoms with van der Waals surface area (Å²) in [6, 6.07) is 8.38. The lowest BCUT2D eigenvalue weighted by molar-refractivity contribution is -0.136. The third-order valence-electron chi connectivity index (χ3n) is 11.2. The van der Waals surface area contributed by atoms with Crippen molar-refractivity contribution in [2.75, 3.05) is 0 Å². The van der Waals surface area contributed by atoms with Crippen LogP contribution in [0, 0.1) is 34.5 Å². The highest BCUT2D eigenvalue weighted by molar-refractivity contribution is 6.30. The standard InChI is InChI=1S/C30H39ClN2O2/c1-28-17-13-23-21(9-12-25-29(23,2)18-14-26(34)32-25)22(28)10-11-24(28)27(35)33-30(15-3-4-16-30)19-5-7-20(31)8-6-19/h5-8,14,18,21-25H,3-4,9-13,15-17H2,1-2H3,(H,32,34)(H,33,35)/t21-,22-,23+,24?,25?,28-,29+/m0/s1. The molecule has 0 spiro atoms. The van der Waals surface area contributed by atoms with Gasteiger partial charge in [0.05, 0.1) is 5.54 Å². The van der Waals surface area contributed by atoms with Gasteiger partial charge < -0.3 is 10.6 Å². The zero-order chi connectivity index (χ0) is 24.4. The molecule has 5 aliphatic rings. The van der Waals surface area contributed by atoms with E-state index < -0.39 is 0 Å². The average molecular weight is 495 g/mol. The zero-order valence-corrected chi connectivity index (χ0v) is 21.9. The second kappa shape index (κ2) is 8.36. The highest BCUT2D eigenvalue weighted by Gasteiger charge is 2.61. The van der Waals surface area contributed by atoms with Crippen molar-refractivity contribution in [1.29, 1.82) is 0 Å². The molecule has 2 amide bonds. The minimum Gasteiger partial charge on any atom is -0.349 e. The number of nitrogens with one attached hydrogen (secondary N) is 2. The molecule has 35 heavy (non-hydrogen) atoms. The van der Waals surface area contributed by atoms with Gasteiger partial charge in [-0.3, -0.25) is 9.59 Å². The molecule has 1 aromatic carbocycles. The van der Waals surface area contributed by atoms with Gasteiger partial charge in [0.15, 0.2) is 0 Å². The van der Waals surface area contributed by atoms with Crippen LogP contribution in [0.25, 0.3) is 0 Å². The van der Waals surface area contributed by atoms with Crippen molar-refractivity contribution < 1.29 is 9.59 Å². The molecule has 188 valence electrons. The molecule has 0 radical (unpaired) electrons. The quantitative estimate of drug-likeness (QED) is 0.530. The van der Waals surface area contributed by atoms with Crippen molar-refractivity contribution in [1.82, 2.24) is 10.6 Å². The van der Waals surface area contributed by atoms with Crippen molar-refractivity contribution in [2.24, 2.45) is 34.5 Å². The van der Waals surface area contributed by atoms with E-state index >= 15 is 0 Å². The Morgan fingerprint density at radius 3 is 2.46 bits per heavy atom. The first-order valence-electron chi connectivity index (χ1n) is 13.8. The highest BCUT2D eigenvalue weighted by Crippen LogP contribution is 2.65. The molecule has 4 aliphatic carbocycles. The van der Waals surface area contributed by atoms with E-state index in [1.807, 2.05) is 12.1 Å². The summed E-state index contributed by atoms with van der Waals surface area (Å²) in [6.07, 6.45) is 14.9. The van der Waals surface area contributed by atoms with Crippen LogP contribution in [0.15, 0.2) is 36.4 Å². The maximum atomic E-state index is 14.0. The topological polar surface area (TPSA) is 58.2 Å². The maximum Gasteiger partial charge on any atom is 0.243 e. The van der Waals surface area contributed by atoms with Gasteiger partial charge in [-0.1, -0.05) is 56.5 Å². The summed E-state index contributed by atoms with van der Waals surface area (Å²) < 4.78 is 0. The smallest absolute Gasteiger partial charge is 0.243 e. The fraction of sp³-hybridized carbons (Fsp3) is 0.667. The molecule has 0 aromatic heterocycles. The number of amides is 2. The van der Waals surface area contributed by atoms with Gasteiger partial charge in [-0.2, -0.15) is 0 Å². The number of hydrogen-bond donors (Lipinski definition) is 2. The molecule has 4 nitrogen and oxygen atoms in total. The van der Waals surface area contributed by atoms with Gasteiger partial charge in [-0.15, -0.1) is 0 Å². The third kappa shape index (κ3) is 3.61. The van der Waals surface area contributed by atoms with Crippen LogP contribution < -0.4 is 10.6 Å². The monoisotopic (exact) mass is 494 g/mol. The Labute approximate surface area is 214 Å². The van der Waals surface area contributed by atoms with Crippen LogP contribution in [0.2, 0.25) is 5.02 Å². The van der Waals surface area contributed by atoms with Crippen molar-refractivity contribution in [3.8, 4) is 0 Å². The van der Waals surface area contributed by atoms with Crippen LogP contribution in [0.3, 0.4) is 0 Å². The molecular weight excluding hydrogens is 456 g/mol. The van der Waals surface area contributed by atoms with E-state index in [9.17, 15) is 9.59 Å². The van der Waals surface area contributed by atoms with E-state index in [4.69, 9.17) is 11.6 Å². The van der Waals surface area contributed by atoms with Gasteiger partial charge in [0, 0.05) is 22.4 Å². The summed E-state index contributed by atoms with van der Waals surface area (Å²) in [5, 5.41) is 7.61. The Morgan fingerprint density at radius 1 is 0.971 bits per heavy atom. The fourth-order valence-corrected chi connectivity index (χ4v) is 9.45. The summed E-state index contributed by atoms with van der Waals surface area (Å²) in [5.74, 6) is 2.25. The number of benzene rings is 1. The first-order valence-corrected chi connectivity index (χ1v) is 14.2. The Kier molecular flexibility index (Phi) is 5.63. The lowest BCUT2D eigenvalue weighted by Crippen LogP contribution is -2.59. The van der Waals surface area contributed by atoms with Crippen molar-refractivity contribution in [2.45, 2.75) is 89.6 Å². The SMILES string of the molecule is C[C@]12C=CC(=O)NC1CC[C@@H]1[C@H]2CC[C@]2(C)C(C(=O)NC3(c4ccc(Cl)cc4)CCCC3)CC[C@@H]12. The summed E-state index contributed by atoms with van der Waals surface area (Å²) in [5.41, 5.74) is 1.06. The van der Waals surface area contributed by atoms with E-state index in [-0.39, 0.29) is 40.1 Å². The van der Waals surface area contributed by atoms with Gasteiger partial charge in [0.2, 0.25) is 11.8 Å². The summed E-state index contributed by atoms with van der Waals surface area (Å²) >= 11 is 6.17. The van der Waals surface area contributed by atoms with Crippen LogP contribution in [0.1, 0.15) is 83.6 Å². The van der Waals surface area contributed by atoms with Crippen LogP contribution in [0.4, 0.5) is 0 Å². The molecule has 1 aromatic rings. The van der Waals surface area contributed by atoms with Crippen LogP contribution in [-0.2, 0) is 15.1 Å². The zero-order valence-electron chi connectivity index (χ0n) is 21.1. The number of halogens is 1. The lowest BCUT2D eigenvalue weighted by atomic mass is 9.48. The van der Waals surface area contributed by atoms with Crippen molar-refractivity contribution >= 4 is 23.4 Å². The Morgan fingerprint density at radius 2 is 1.71 bits per heavy atom. The summed E-state index contributed by atoms with van der Waals surface area (Å²) in [4.78, 5) is 26.0. The minimum atomic E-state index is -0.246. The van der Waals surface area contributed by atoms with Crippen molar-refractivity contribution in [3.05, 3.63) is 47.0 Å². The van der Waals surface area contributed by atoms with Crippen LogP contribution >= 0.6 is 11.6 Å².